The summed E-state index contributed by atoms with van der Waals surface area (Å²) in [6.07, 6.45) is 1.85. The van der Waals surface area contributed by atoms with Crippen LogP contribution in [0.2, 0.25) is 0 Å². The van der Waals surface area contributed by atoms with E-state index in [0.29, 0.717) is 29.4 Å². The fourth-order valence-corrected chi connectivity index (χ4v) is 3.90. The lowest BCUT2D eigenvalue weighted by Crippen LogP contribution is -2.21. The van der Waals surface area contributed by atoms with Crippen molar-refractivity contribution in [1.82, 2.24) is 0 Å². The van der Waals surface area contributed by atoms with Gasteiger partial charge in [-0.2, -0.15) is 10.1 Å². The van der Waals surface area contributed by atoms with Gasteiger partial charge in [-0.3, -0.25) is 4.79 Å². The molecular formula is C30H24N2O3. The number of hydrazone groups is 1. The molecule has 0 bridgehead atoms. The Morgan fingerprint density at radius 1 is 0.800 bits per heavy atom. The Balaban J connectivity index is 1.51. The monoisotopic (exact) mass is 460 g/mol. The molecule has 0 aromatic heterocycles. The summed E-state index contributed by atoms with van der Waals surface area (Å²) in [5.74, 6) is 1.05. The van der Waals surface area contributed by atoms with Crippen LogP contribution in [0.3, 0.4) is 0 Å². The van der Waals surface area contributed by atoms with Crippen LogP contribution in [0.25, 0.3) is 6.08 Å². The average Bonchev–Trinajstić information content (AvgIpc) is 3.25. The van der Waals surface area contributed by atoms with E-state index in [4.69, 9.17) is 14.6 Å². The summed E-state index contributed by atoms with van der Waals surface area (Å²) >= 11 is 0. The smallest absolute Gasteiger partial charge is 0.281 e. The van der Waals surface area contributed by atoms with Crippen LogP contribution in [0.4, 0.5) is 5.69 Å². The SMILES string of the molecule is COc1ccc(C=C2C(=O)N(c3ccccc3)N=C2c2ccccc2)cc1OCc1ccccc1. The van der Waals surface area contributed by atoms with Crippen LogP contribution in [-0.2, 0) is 11.4 Å². The van der Waals surface area contributed by atoms with E-state index in [0.717, 1.165) is 22.4 Å². The predicted octanol–water partition coefficient (Wildman–Crippen LogP) is 6.11. The maximum Gasteiger partial charge on any atom is 0.281 e. The second kappa shape index (κ2) is 10.1. The molecule has 0 saturated heterocycles. The number of benzene rings is 4. The van der Waals surface area contributed by atoms with Crippen molar-refractivity contribution in [2.75, 3.05) is 12.1 Å². The highest BCUT2D eigenvalue weighted by Crippen LogP contribution is 2.32. The molecule has 1 amide bonds. The molecule has 4 aromatic rings. The van der Waals surface area contributed by atoms with E-state index in [1.807, 2.05) is 115 Å². The molecule has 4 aromatic carbocycles. The van der Waals surface area contributed by atoms with Gasteiger partial charge in [0.25, 0.3) is 5.91 Å². The molecule has 0 spiro atoms. The highest BCUT2D eigenvalue weighted by Gasteiger charge is 2.32. The van der Waals surface area contributed by atoms with Gasteiger partial charge in [-0.15, -0.1) is 0 Å². The molecule has 0 fully saturated rings. The molecule has 0 radical (unpaired) electrons. The molecule has 5 heteroatoms. The van der Waals surface area contributed by atoms with Crippen molar-refractivity contribution >= 4 is 23.4 Å². The molecule has 0 N–H and O–H groups in total. The number of anilines is 1. The summed E-state index contributed by atoms with van der Waals surface area (Å²) in [5, 5.41) is 6.14. The second-order valence-corrected chi connectivity index (χ2v) is 8.01. The van der Waals surface area contributed by atoms with E-state index in [1.165, 1.54) is 5.01 Å². The maximum atomic E-state index is 13.5. The fraction of sp³-hybridized carbons (Fsp3) is 0.0667. The lowest BCUT2D eigenvalue weighted by molar-refractivity contribution is -0.114. The largest absolute Gasteiger partial charge is 0.493 e. The first-order valence-electron chi connectivity index (χ1n) is 11.3. The quantitative estimate of drug-likeness (QED) is 0.313. The number of rotatable bonds is 7. The van der Waals surface area contributed by atoms with E-state index in [-0.39, 0.29) is 5.91 Å². The summed E-state index contributed by atoms with van der Waals surface area (Å²) < 4.78 is 11.6. The minimum atomic E-state index is -0.183. The lowest BCUT2D eigenvalue weighted by atomic mass is 10.00. The number of nitrogens with zero attached hydrogens (tertiary/aromatic N) is 2. The maximum absolute atomic E-state index is 13.5. The molecule has 1 aliphatic heterocycles. The Kier molecular flexibility index (Phi) is 6.39. The van der Waals surface area contributed by atoms with Crippen LogP contribution in [0.5, 0.6) is 11.5 Å². The molecule has 1 aliphatic rings. The molecular weight excluding hydrogens is 436 g/mol. The molecule has 5 nitrogen and oxygen atoms in total. The highest BCUT2D eigenvalue weighted by atomic mass is 16.5. The summed E-state index contributed by atoms with van der Waals surface area (Å²) in [5.41, 5.74) is 4.61. The van der Waals surface area contributed by atoms with Crippen LogP contribution in [0.15, 0.2) is 120 Å². The molecule has 35 heavy (non-hydrogen) atoms. The zero-order valence-electron chi connectivity index (χ0n) is 19.3. The summed E-state index contributed by atoms with van der Waals surface area (Å²) in [6, 6.07) is 34.8. The van der Waals surface area contributed by atoms with Gasteiger partial charge in [-0.05, 0) is 41.5 Å². The van der Waals surface area contributed by atoms with E-state index < -0.39 is 0 Å². The lowest BCUT2D eigenvalue weighted by Gasteiger charge is -2.12. The van der Waals surface area contributed by atoms with E-state index in [2.05, 4.69) is 0 Å². The topological polar surface area (TPSA) is 51.1 Å². The number of para-hydroxylation sites is 1. The van der Waals surface area contributed by atoms with Gasteiger partial charge in [0, 0.05) is 5.56 Å². The fourth-order valence-electron chi connectivity index (χ4n) is 3.90. The van der Waals surface area contributed by atoms with Gasteiger partial charge < -0.3 is 9.47 Å². The Morgan fingerprint density at radius 2 is 1.46 bits per heavy atom. The third-order valence-electron chi connectivity index (χ3n) is 5.66. The van der Waals surface area contributed by atoms with Crippen molar-refractivity contribution in [2.24, 2.45) is 5.10 Å². The first-order chi connectivity index (χ1) is 17.2. The van der Waals surface area contributed by atoms with Crippen LogP contribution >= 0.6 is 0 Å². The Bertz CT molecular complexity index is 1380. The first-order valence-corrected chi connectivity index (χ1v) is 11.3. The van der Waals surface area contributed by atoms with Gasteiger partial charge in [0.2, 0.25) is 0 Å². The van der Waals surface area contributed by atoms with Gasteiger partial charge >= 0.3 is 0 Å². The zero-order chi connectivity index (χ0) is 24.0. The summed E-state index contributed by atoms with van der Waals surface area (Å²) in [7, 11) is 1.61. The van der Waals surface area contributed by atoms with Gasteiger partial charge in [0.1, 0.15) is 12.3 Å². The number of amides is 1. The van der Waals surface area contributed by atoms with Crippen molar-refractivity contribution in [3.63, 3.8) is 0 Å². The molecule has 0 aliphatic carbocycles. The van der Waals surface area contributed by atoms with Gasteiger partial charge in [0.15, 0.2) is 11.5 Å². The minimum absolute atomic E-state index is 0.183. The highest BCUT2D eigenvalue weighted by molar-refractivity contribution is 6.37. The zero-order valence-corrected chi connectivity index (χ0v) is 19.3. The van der Waals surface area contributed by atoms with Crippen LogP contribution in [0.1, 0.15) is 16.7 Å². The van der Waals surface area contributed by atoms with Gasteiger partial charge in [-0.1, -0.05) is 84.9 Å². The number of carbonyl (C=O) groups is 1. The average molecular weight is 461 g/mol. The van der Waals surface area contributed by atoms with Crippen LogP contribution in [0, 0.1) is 0 Å². The molecule has 0 saturated carbocycles. The third-order valence-corrected chi connectivity index (χ3v) is 5.66. The Labute approximate surface area is 204 Å². The van der Waals surface area contributed by atoms with Crippen molar-refractivity contribution < 1.29 is 14.3 Å². The van der Waals surface area contributed by atoms with E-state index >= 15 is 0 Å². The molecule has 1 heterocycles. The number of carbonyl (C=O) groups excluding carboxylic acids is 1. The number of hydrogen-bond acceptors (Lipinski definition) is 4. The Morgan fingerprint density at radius 3 is 2.14 bits per heavy atom. The number of hydrogen-bond donors (Lipinski definition) is 0. The predicted molar refractivity (Wildman–Crippen MR) is 139 cm³/mol. The first kappa shape index (κ1) is 22.2. The van der Waals surface area contributed by atoms with E-state index in [9.17, 15) is 4.79 Å². The van der Waals surface area contributed by atoms with Crippen molar-refractivity contribution in [3.8, 4) is 11.5 Å². The van der Waals surface area contributed by atoms with Gasteiger partial charge in [-0.25, -0.2) is 0 Å². The Hall–Kier alpha value is -4.64. The third kappa shape index (κ3) is 4.84. The summed E-state index contributed by atoms with van der Waals surface area (Å²) in [4.78, 5) is 13.5. The van der Waals surface area contributed by atoms with E-state index in [1.54, 1.807) is 7.11 Å². The van der Waals surface area contributed by atoms with Crippen molar-refractivity contribution in [2.45, 2.75) is 6.61 Å². The normalized spacial score (nSPS) is 14.2. The van der Waals surface area contributed by atoms with Crippen molar-refractivity contribution in [1.29, 1.82) is 0 Å². The van der Waals surface area contributed by atoms with Gasteiger partial charge in [0.05, 0.1) is 18.4 Å². The molecule has 0 atom stereocenters. The molecule has 172 valence electrons. The number of methoxy groups -OCH3 is 1. The van der Waals surface area contributed by atoms with Crippen LogP contribution in [-0.4, -0.2) is 18.7 Å². The van der Waals surface area contributed by atoms with Crippen molar-refractivity contribution in [3.05, 3.63) is 131 Å². The minimum Gasteiger partial charge on any atom is -0.493 e. The second-order valence-electron chi connectivity index (χ2n) is 8.01. The number of ether oxygens (including phenoxy) is 2. The standard InChI is InChI=1S/C30H24N2O3/c1-34-27-18-17-23(20-28(27)35-21-22-11-5-2-6-12-22)19-26-29(24-13-7-3-8-14-24)31-32(30(26)33)25-15-9-4-10-16-25/h2-20H,21H2,1H3. The molecule has 5 rings (SSSR count). The van der Waals surface area contributed by atoms with Crippen LogP contribution < -0.4 is 14.5 Å². The molecule has 0 unspecified atom stereocenters. The summed E-state index contributed by atoms with van der Waals surface area (Å²) in [6.45, 7) is 0.411.